The summed E-state index contributed by atoms with van der Waals surface area (Å²) in [5, 5.41) is 10.0. The van der Waals surface area contributed by atoms with Gasteiger partial charge in [-0.25, -0.2) is 12.7 Å². The molecule has 0 bridgehead atoms. The molecular weight excluding hydrogens is 318 g/mol. The Labute approximate surface area is 134 Å². The highest BCUT2D eigenvalue weighted by Gasteiger charge is 2.41. The summed E-state index contributed by atoms with van der Waals surface area (Å²) in [6, 6.07) is 14.8. The minimum atomic E-state index is -3.91. The molecular formula is C16H15NO5S. The number of rotatable bonds is 5. The van der Waals surface area contributed by atoms with Gasteiger partial charge in [0.2, 0.25) is 0 Å². The second-order valence-corrected chi connectivity index (χ2v) is 6.95. The molecule has 1 unspecified atom stereocenters. The lowest BCUT2D eigenvalue weighted by molar-refractivity contribution is 0.0687. The predicted molar refractivity (Wildman–Crippen MR) is 82.6 cm³/mol. The Morgan fingerprint density at radius 1 is 1.04 bits per heavy atom. The van der Waals surface area contributed by atoms with Crippen LogP contribution in [0.2, 0.25) is 0 Å². The zero-order chi connectivity index (χ0) is 16.4. The van der Waals surface area contributed by atoms with Gasteiger partial charge in [0.15, 0.2) is 0 Å². The average molecular weight is 333 g/mol. The number of β-amino-alcohol motifs (C(OH)–C–C–N with tert-alkyl or cyclic N) is 1. The van der Waals surface area contributed by atoms with Crippen LogP contribution >= 0.6 is 0 Å². The molecule has 0 spiro atoms. The van der Waals surface area contributed by atoms with Crippen molar-refractivity contribution in [2.24, 2.45) is 0 Å². The van der Waals surface area contributed by atoms with Crippen LogP contribution < -0.4 is 4.74 Å². The van der Waals surface area contributed by atoms with Crippen LogP contribution in [0.5, 0.6) is 5.75 Å². The van der Waals surface area contributed by atoms with Crippen molar-refractivity contribution in [1.29, 1.82) is 0 Å². The summed E-state index contributed by atoms with van der Waals surface area (Å²) >= 11 is 0. The Kier molecular flexibility index (Phi) is 4.06. The summed E-state index contributed by atoms with van der Waals surface area (Å²) in [5.41, 5.74) is 0.128. The average Bonchev–Trinajstić information content (AvgIpc) is 2.75. The number of benzene rings is 2. The normalized spacial score (nSPS) is 16.9. The van der Waals surface area contributed by atoms with Crippen molar-refractivity contribution in [2.75, 3.05) is 13.2 Å². The molecule has 1 atom stereocenters. The number of amides is 1. The second-order valence-electron chi connectivity index (χ2n) is 5.12. The number of carbonyl (C=O) groups is 1. The SMILES string of the molecule is O=C1c2ccccc2S(=O)(=O)N1CC(O)COc1ccccc1. The number of fused-ring (bicyclic) bond motifs is 1. The zero-order valence-electron chi connectivity index (χ0n) is 12.1. The Bertz CT molecular complexity index is 819. The van der Waals surface area contributed by atoms with Crippen molar-refractivity contribution >= 4 is 15.9 Å². The number of hydrogen-bond donors (Lipinski definition) is 1. The van der Waals surface area contributed by atoms with Crippen LogP contribution in [0.4, 0.5) is 0 Å². The summed E-state index contributed by atoms with van der Waals surface area (Å²) < 4.78 is 30.8. The molecule has 6 nitrogen and oxygen atoms in total. The van der Waals surface area contributed by atoms with Gasteiger partial charge in [0.25, 0.3) is 15.9 Å². The van der Waals surface area contributed by atoms with E-state index < -0.39 is 22.0 Å². The summed E-state index contributed by atoms with van der Waals surface area (Å²) in [6.07, 6.45) is -1.12. The number of ether oxygens (including phenoxy) is 1. The smallest absolute Gasteiger partial charge is 0.269 e. The number of nitrogens with zero attached hydrogens (tertiary/aromatic N) is 1. The van der Waals surface area contributed by atoms with Gasteiger partial charge in [0.1, 0.15) is 23.4 Å². The minimum absolute atomic E-state index is 0.0267. The van der Waals surface area contributed by atoms with Crippen LogP contribution in [-0.4, -0.2) is 43.0 Å². The van der Waals surface area contributed by atoms with E-state index in [-0.39, 0.29) is 23.6 Å². The number of aliphatic hydroxyl groups is 1. The molecule has 0 saturated carbocycles. The van der Waals surface area contributed by atoms with Gasteiger partial charge < -0.3 is 9.84 Å². The van der Waals surface area contributed by atoms with E-state index in [0.29, 0.717) is 10.1 Å². The van der Waals surface area contributed by atoms with Crippen molar-refractivity contribution in [3.63, 3.8) is 0 Å². The van der Waals surface area contributed by atoms with E-state index in [4.69, 9.17) is 4.74 Å². The molecule has 1 aliphatic heterocycles. The lowest BCUT2D eigenvalue weighted by atomic mass is 10.2. The van der Waals surface area contributed by atoms with Crippen molar-refractivity contribution in [2.45, 2.75) is 11.0 Å². The highest BCUT2D eigenvalue weighted by Crippen LogP contribution is 2.29. The number of sulfonamides is 1. The topological polar surface area (TPSA) is 83.9 Å². The first-order chi connectivity index (χ1) is 11.0. The maximum atomic E-state index is 12.4. The Hall–Kier alpha value is -2.38. The molecule has 1 N–H and O–H groups in total. The van der Waals surface area contributed by atoms with Gasteiger partial charge in [-0.2, -0.15) is 0 Å². The molecule has 3 rings (SSSR count). The van der Waals surface area contributed by atoms with Gasteiger partial charge in [-0.05, 0) is 24.3 Å². The van der Waals surface area contributed by atoms with E-state index in [9.17, 15) is 18.3 Å². The van der Waals surface area contributed by atoms with E-state index in [0.717, 1.165) is 0 Å². The number of aliphatic hydroxyl groups excluding tert-OH is 1. The van der Waals surface area contributed by atoms with Crippen LogP contribution in [0.3, 0.4) is 0 Å². The van der Waals surface area contributed by atoms with E-state index in [1.165, 1.54) is 12.1 Å². The maximum absolute atomic E-state index is 12.4. The van der Waals surface area contributed by atoms with Crippen LogP contribution in [0.15, 0.2) is 59.5 Å². The summed E-state index contributed by atoms with van der Waals surface area (Å²) in [7, 11) is -3.91. The molecule has 120 valence electrons. The number of hydrogen-bond acceptors (Lipinski definition) is 5. The van der Waals surface area contributed by atoms with Gasteiger partial charge in [-0.15, -0.1) is 0 Å². The Balaban J connectivity index is 1.70. The Morgan fingerprint density at radius 2 is 1.70 bits per heavy atom. The molecule has 0 aromatic heterocycles. The van der Waals surface area contributed by atoms with Crippen LogP contribution in [0.25, 0.3) is 0 Å². The summed E-state index contributed by atoms with van der Waals surface area (Å²) in [5.74, 6) is -0.0650. The molecule has 0 fully saturated rings. The van der Waals surface area contributed by atoms with Gasteiger partial charge >= 0.3 is 0 Å². The third kappa shape index (κ3) is 2.93. The molecule has 2 aromatic rings. The lowest BCUT2D eigenvalue weighted by Crippen LogP contribution is -2.39. The summed E-state index contributed by atoms with van der Waals surface area (Å²) in [4.78, 5) is 12.2. The van der Waals surface area contributed by atoms with Crippen molar-refractivity contribution in [3.8, 4) is 5.75 Å². The van der Waals surface area contributed by atoms with Gasteiger partial charge in [-0.3, -0.25) is 4.79 Å². The van der Waals surface area contributed by atoms with E-state index in [1.54, 1.807) is 36.4 Å². The molecule has 2 aromatic carbocycles. The molecule has 7 heteroatoms. The third-order valence-corrected chi connectivity index (χ3v) is 5.28. The molecule has 23 heavy (non-hydrogen) atoms. The standard InChI is InChI=1S/C16H15NO5S/c18-12(11-22-13-6-2-1-3-7-13)10-17-16(19)14-8-4-5-9-15(14)23(17,20)21/h1-9,12,18H,10-11H2. The highest BCUT2D eigenvalue weighted by atomic mass is 32.2. The van der Waals surface area contributed by atoms with Crippen LogP contribution in [0, 0.1) is 0 Å². The quantitative estimate of drug-likeness (QED) is 0.891. The first-order valence-corrected chi connectivity index (χ1v) is 8.46. The molecule has 0 aliphatic carbocycles. The molecule has 1 amide bonds. The van der Waals surface area contributed by atoms with Crippen LogP contribution in [-0.2, 0) is 10.0 Å². The van der Waals surface area contributed by atoms with E-state index in [2.05, 4.69) is 0 Å². The fourth-order valence-corrected chi connectivity index (χ4v) is 3.97. The van der Waals surface area contributed by atoms with Crippen molar-refractivity contribution in [3.05, 3.63) is 60.2 Å². The minimum Gasteiger partial charge on any atom is -0.491 e. The number of carbonyl (C=O) groups excluding carboxylic acids is 1. The first-order valence-electron chi connectivity index (χ1n) is 7.02. The molecule has 0 saturated heterocycles. The Morgan fingerprint density at radius 3 is 2.39 bits per heavy atom. The van der Waals surface area contributed by atoms with Crippen molar-refractivity contribution in [1.82, 2.24) is 4.31 Å². The highest BCUT2D eigenvalue weighted by molar-refractivity contribution is 7.90. The van der Waals surface area contributed by atoms with Gasteiger partial charge in [-0.1, -0.05) is 30.3 Å². The third-order valence-electron chi connectivity index (χ3n) is 3.47. The largest absolute Gasteiger partial charge is 0.491 e. The molecule has 0 radical (unpaired) electrons. The molecule has 1 aliphatic rings. The van der Waals surface area contributed by atoms with Crippen molar-refractivity contribution < 1.29 is 23.1 Å². The zero-order valence-corrected chi connectivity index (χ0v) is 12.9. The number of para-hydroxylation sites is 1. The monoisotopic (exact) mass is 333 g/mol. The lowest BCUT2D eigenvalue weighted by Gasteiger charge is -2.19. The first kappa shape index (κ1) is 15.5. The predicted octanol–water partition coefficient (Wildman–Crippen LogP) is 1.27. The fourth-order valence-electron chi connectivity index (χ4n) is 2.36. The van der Waals surface area contributed by atoms with E-state index in [1.807, 2.05) is 6.07 Å². The fraction of sp³-hybridized carbons (Fsp3) is 0.188. The van der Waals surface area contributed by atoms with Gasteiger partial charge in [0, 0.05) is 0 Å². The van der Waals surface area contributed by atoms with Crippen LogP contribution in [0.1, 0.15) is 10.4 Å². The van der Waals surface area contributed by atoms with Gasteiger partial charge in [0.05, 0.1) is 12.1 Å². The summed E-state index contributed by atoms with van der Waals surface area (Å²) in [6.45, 7) is -0.456. The maximum Gasteiger partial charge on any atom is 0.269 e. The van der Waals surface area contributed by atoms with E-state index >= 15 is 0 Å². The molecule has 1 heterocycles. The second kappa shape index (κ2) is 6.02.